The van der Waals surface area contributed by atoms with Crippen LogP contribution in [0.1, 0.15) is 42.1 Å². The van der Waals surface area contributed by atoms with E-state index in [1.807, 2.05) is 0 Å². The van der Waals surface area contributed by atoms with Gasteiger partial charge in [0.05, 0.1) is 6.04 Å². The molecule has 0 aromatic heterocycles. The SMILES string of the molecule is CC(C)=CCNC(c1ccccc1)c1cc(C)ccc1C. The lowest BCUT2D eigenvalue weighted by Gasteiger charge is -2.22. The summed E-state index contributed by atoms with van der Waals surface area (Å²) in [6.45, 7) is 9.50. The highest BCUT2D eigenvalue weighted by Gasteiger charge is 2.15. The first-order valence-corrected chi connectivity index (χ1v) is 7.57. The molecule has 2 aromatic rings. The van der Waals surface area contributed by atoms with Crippen LogP contribution in [0.2, 0.25) is 0 Å². The van der Waals surface area contributed by atoms with Crippen molar-refractivity contribution in [2.24, 2.45) is 0 Å². The van der Waals surface area contributed by atoms with Crippen LogP contribution in [0.15, 0.2) is 60.2 Å². The highest BCUT2D eigenvalue weighted by atomic mass is 14.9. The second-order valence-electron chi connectivity index (χ2n) is 5.89. The molecule has 0 fully saturated rings. The standard InChI is InChI=1S/C20H25N/c1-15(2)12-13-21-20(18-8-6-5-7-9-18)19-14-16(3)10-11-17(19)4/h5-12,14,20-21H,13H2,1-4H3. The Morgan fingerprint density at radius 1 is 1.05 bits per heavy atom. The molecule has 0 aliphatic rings. The van der Waals surface area contributed by atoms with Crippen LogP contribution in [0.5, 0.6) is 0 Å². The van der Waals surface area contributed by atoms with Gasteiger partial charge >= 0.3 is 0 Å². The van der Waals surface area contributed by atoms with Gasteiger partial charge in [-0.2, -0.15) is 0 Å². The Morgan fingerprint density at radius 2 is 1.76 bits per heavy atom. The molecule has 0 radical (unpaired) electrons. The van der Waals surface area contributed by atoms with E-state index in [1.54, 1.807) is 0 Å². The van der Waals surface area contributed by atoms with Gasteiger partial charge in [-0.25, -0.2) is 0 Å². The molecule has 1 atom stereocenters. The van der Waals surface area contributed by atoms with E-state index in [4.69, 9.17) is 0 Å². The summed E-state index contributed by atoms with van der Waals surface area (Å²) < 4.78 is 0. The summed E-state index contributed by atoms with van der Waals surface area (Å²) in [6, 6.07) is 17.6. The lowest BCUT2D eigenvalue weighted by molar-refractivity contribution is 0.647. The Balaban J connectivity index is 2.35. The van der Waals surface area contributed by atoms with E-state index in [9.17, 15) is 0 Å². The fraction of sp³-hybridized carbons (Fsp3) is 0.300. The third-order valence-corrected chi connectivity index (χ3v) is 3.71. The van der Waals surface area contributed by atoms with Crippen molar-refractivity contribution >= 4 is 0 Å². The van der Waals surface area contributed by atoms with Crippen LogP contribution in [0, 0.1) is 13.8 Å². The van der Waals surface area contributed by atoms with Crippen molar-refractivity contribution in [3.8, 4) is 0 Å². The van der Waals surface area contributed by atoms with Gasteiger partial charge in [-0.05, 0) is 44.4 Å². The summed E-state index contributed by atoms with van der Waals surface area (Å²) in [5.74, 6) is 0. The number of rotatable bonds is 5. The van der Waals surface area contributed by atoms with Crippen molar-refractivity contribution in [3.63, 3.8) is 0 Å². The third kappa shape index (κ3) is 4.30. The highest BCUT2D eigenvalue weighted by molar-refractivity contribution is 5.39. The number of aryl methyl sites for hydroxylation is 2. The molecule has 0 saturated carbocycles. The van der Waals surface area contributed by atoms with Gasteiger partial charge in [-0.3, -0.25) is 0 Å². The van der Waals surface area contributed by atoms with E-state index >= 15 is 0 Å². The molecule has 0 spiro atoms. The Morgan fingerprint density at radius 3 is 2.43 bits per heavy atom. The Hall–Kier alpha value is -1.86. The smallest absolute Gasteiger partial charge is 0.0581 e. The van der Waals surface area contributed by atoms with Crippen LogP contribution in [-0.4, -0.2) is 6.54 Å². The number of allylic oxidation sites excluding steroid dienone is 1. The minimum Gasteiger partial charge on any atom is -0.303 e. The maximum atomic E-state index is 3.68. The van der Waals surface area contributed by atoms with Gasteiger partial charge in [-0.15, -0.1) is 0 Å². The monoisotopic (exact) mass is 279 g/mol. The number of benzene rings is 2. The molecule has 0 saturated heterocycles. The van der Waals surface area contributed by atoms with Crippen molar-refractivity contribution in [1.82, 2.24) is 5.32 Å². The average molecular weight is 279 g/mol. The van der Waals surface area contributed by atoms with E-state index in [2.05, 4.69) is 87.6 Å². The van der Waals surface area contributed by atoms with Gasteiger partial charge in [-0.1, -0.05) is 65.7 Å². The molecular weight excluding hydrogens is 254 g/mol. The molecule has 0 heterocycles. The Labute approximate surface area is 128 Å². The van der Waals surface area contributed by atoms with E-state index in [0.717, 1.165) is 6.54 Å². The van der Waals surface area contributed by atoms with Crippen molar-refractivity contribution in [2.45, 2.75) is 33.7 Å². The van der Waals surface area contributed by atoms with Crippen LogP contribution >= 0.6 is 0 Å². The lowest BCUT2D eigenvalue weighted by atomic mass is 9.93. The molecule has 0 aliphatic heterocycles. The third-order valence-electron chi connectivity index (χ3n) is 3.71. The summed E-state index contributed by atoms with van der Waals surface area (Å²) in [4.78, 5) is 0. The fourth-order valence-corrected chi connectivity index (χ4v) is 2.50. The molecule has 0 bridgehead atoms. The quantitative estimate of drug-likeness (QED) is 0.764. The Bertz CT molecular complexity index is 607. The van der Waals surface area contributed by atoms with Crippen LogP contribution in [0.3, 0.4) is 0 Å². The Kier molecular flexibility index (Phi) is 5.35. The summed E-state index contributed by atoms with van der Waals surface area (Å²) >= 11 is 0. The van der Waals surface area contributed by atoms with Gasteiger partial charge in [0.15, 0.2) is 0 Å². The molecule has 1 heteroatoms. The molecule has 1 N–H and O–H groups in total. The first-order valence-electron chi connectivity index (χ1n) is 7.57. The van der Waals surface area contributed by atoms with E-state index in [0.29, 0.717) is 0 Å². The van der Waals surface area contributed by atoms with Crippen LogP contribution < -0.4 is 5.32 Å². The minimum absolute atomic E-state index is 0.238. The normalized spacial score (nSPS) is 12.0. The highest BCUT2D eigenvalue weighted by Crippen LogP contribution is 2.25. The fourth-order valence-electron chi connectivity index (χ4n) is 2.50. The number of nitrogens with one attached hydrogen (secondary N) is 1. The van der Waals surface area contributed by atoms with E-state index in [-0.39, 0.29) is 6.04 Å². The second-order valence-corrected chi connectivity index (χ2v) is 5.89. The van der Waals surface area contributed by atoms with Gasteiger partial charge in [0.2, 0.25) is 0 Å². The molecule has 1 unspecified atom stereocenters. The molecule has 21 heavy (non-hydrogen) atoms. The van der Waals surface area contributed by atoms with Crippen LogP contribution in [0.25, 0.3) is 0 Å². The molecular formula is C20H25N. The lowest BCUT2D eigenvalue weighted by Crippen LogP contribution is -2.23. The summed E-state index contributed by atoms with van der Waals surface area (Å²) in [7, 11) is 0. The van der Waals surface area contributed by atoms with Crippen molar-refractivity contribution in [3.05, 3.63) is 82.4 Å². The van der Waals surface area contributed by atoms with Gasteiger partial charge in [0.1, 0.15) is 0 Å². The maximum absolute atomic E-state index is 3.68. The van der Waals surface area contributed by atoms with E-state index in [1.165, 1.54) is 27.8 Å². The first kappa shape index (κ1) is 15.5. The zero-order chi connectivity index (χ0) is 15.2. The first-order chi connectivity index (χ1) is 10.1. The largest absolute Gasteiger partial charge is 0.303 e. The maximum Gasteiger partial charge on any atom is 0.0581 e. The molecule has 2 rings (SSSR count). The van der Waals surface area contributed by atoms with Crippen LogP contribution in [-0.2, 0) is 0 Å². The molecule has 0 aliphatic carbocycles. The summed E-state index contributed by atoms with van der Waals surface area (Å²) in [5, 5.41) is 3.68. The van der Waals surface area contributed by atoms with Crippen LogP contribution in [0.4, 0.5) is 0 Å². The predicted octanol–water partition coefficient (Wildman–Crippen LogP) is 4.95. The summed E-state index contributed by atoms with van der Waals surface area (Å²) in [6.07, 6.45) is 2.24. The van der Waals surface area contributed by atoms with Gasteiger partial charge in [0.25, 0.3) is 0 Å². The van der Waals surface area contributed by atoms with Gasteiger partial charge < -0.3 is 5.32 Å². The zero-order valence-corrected chi connectivity index (χ0v) is 13.5. The van der Waals surface area contributed by atoms with Gasteiger partial charge in [0, 0.05) is 6.54 Å². The van der Waals surface area contributed by atoms with Crippen molar-refractivity contribution < 1.29 is 0 Å². The van der Waals surface area contributed by atoms with Crippen molar-refractivity contribution in [2.75, 3.05) is 6.54 Å². The summed E-state index contributed by atoms with van der Waals surface area (Å²) in [5.41, 5.74) is 6.66. The predicted molar refractivity (Wildman–Crippen MR) is 91.6 cm³/mol. The zero-order valence-electron chi connectivity index (χ0n) is 13.5. The molecule has 2 aromatic carbocycles. The van der Waals surface area contributed by atoms with Crippen molar-refractivity contribution in [1.29, 1.82) is 0 Å². The molecule has 110 valence electrons. The average Bonchev–Trinajstić information content (AvgIpc) is 2.47. The minimum atomic E-state index is 0.238. The van der Waals surface area contributed by atoms with E-state index < -0.39 is 0 Å². The molecule has 0 amide bonds. The number of hydrogen-bond donors (Lipinski definition) is 1. The molecule has 1 nitrogen and oxygen atoms in total. The second kappa shape index (κ2) is 7.24. The topological polar surface area (TPSA) is 12.0 Å². The number of hydrogen-bond acceptors (Lipinski definition) is 1.